The molecule has 0 heterocycles. The van der Waals surface area contributed by atoms with Gasteiger partial charge in [0.05, 0.1) is 0 Å². The lowest BCUT2D eigenvalue weighted by Gasteiger charge is -2.18. The Hall–Kier alpha value is -0.0400. The third kappa shape index (κ3) is 0.693. The van der Waals surface area contributed by atoms with E-state index in [0.717, 1.165) is 18.4 Å². The summed E-state index contributed by atoms with van der Waals surface area (Å²) in [7, 11) is 0. The summed E-state index contributed by atoms with van der Waals surface area (Å²) in [4.78, 5) is 0. The molecule has 3 atom stereocenters. The maximum absolute atomic E-state index is 5.83. The van der Waals surface area contributed by atoms with Gasteiger partial charge in [-0.2, -0.15) is 0 Å². The molecule has 0 radical (unpaired) electrons. The fraction of sp³-hybridized carbons (Fsp3) is 1.00. The van der Waals surface area contributed by atoms with Crippen molar-refractivity contribution in [1.82, 2.24) is 0 Å². The SMILES string of the molecule is CC1CCCC12C(CN)C2(C)C. The van der Waals surface area contributed by atoms with Gasteiger partial charge in [-0.05, 0) is 35.6 Å². The monoisotopic (exact) mass is 167 g/mol. The minimum Gasteiger partial charge on any atom is -0.330 e. The van der Waals surface area contributed by atoms with Crippen LogP contribution in [0.25, 0.3) is 0 Å². The molecule has 0 saturated heterocycles. The molecule has 2 aliphatic rings. The van der Waals surface area contributed by atoms with Gasteiger partial charge in [0.15, 0.2) is 0 Å². The van der Waals surface area contributed by atoms with Gasteiger partial charge in [0.2, 0.25) is 0 Å². The summed E-state index contributed by atoms with van der Waals surface area (Å²) in [5.74, 6) is 1.73. The quantitative estimate of drug-likeness (QED) is 0.637. The van der Waals surface area contributed by atoms with Crippen molar-refractivity contribution in [2.24, 2.45) is 28.4 Å². The summed E-state index contributed by atoms with van der Waals surface area (Å²) < 4.78 is 0. The van der Waals surface area contributed by atoms with Crippen molar-refractivity contribution < 1.29 is 0 Å². The zero-order valence-corrected chi connectivity index (χ0v) is 8.56. The van der Waals surface area contributed by atoms with Gasteiger partial charge in [-0.1, -0.05) is 33.6 Å². The highest BCUT2D eigenvalue weighted by Crippen LogP contribution is 2.77. The molecule has 0 aromatic rings. The van der Waals surface area contributed by atoms with E-state index in [9.17, 15) is 0 Å². The largest absolute Gasteiger partial charge is 0.330 e. The highest BCUT2D eigenvalue weighted by molar-refractivity contribution is 5.20. The van der Waals surface area contributed by atoms with Gasteiger partial charge in [0.25, 0.3) is 0 Å². The first-order chi connectivity index (χ1) is 5.57. The zero-order valence-electron chi connectivity index (χ0n) is 8.56. The zero-order chi connectivity index (χ0) is 8.98. The van der Waals surface area contributed by atoms with Crippen molar-refractivity contribution in [2.75, 3.05) is 6.54 Å². The van der Waals surface area contributed by atoms with Crippen LogP contribution in [0.3, 0.4) is 0 Å². The molecule has 70 valence electrons. The molecular formula is C11H21N. The Bertz CT molecular complexity index is 197. The van der Waals surface area contributed by atoms with Gasteiger partial charge in [-0.3, -0.25) is 0 Å². The van der Waals surface area contributed by atoms with Crippen molar-refractivity contribution in [3.05, 3.63) is 0 Å². The highest BCUT2D eigenvalue weighted by atomic mass is 14.8. The standard InChI is InChI=1S/C11H21N/c1-8-5-4-6-11(8)9(7-12)10(11,2)3/h8-9H,4-7,12H2,1-3H3. The molecule has 1 heteroatoms. The van der Waals surface area contributed by atoms with Crippen LogP contribution in [0, 0.1) is 22.7 Å². The average molecular weight is 167 g/mol. The average Bonchev–Trinajstić information content (AvgIpc) is 2.33. The molecule has 2 N–H and O–H groups in total. The molecule has 0 aromatic carbocycles. The lowest BCUT2D eigenvalue weighted by Crippen LogP contribution is -2.14. The third-order valence-corrected chi connectivity index (χ3v) is 4.95. The van der Waals surface area contributed by atoms with E-state index < -0.39 is 0 Å². The summed E-state index contributed by atoms with van der Waals surface area (Å²) in [5, 5.41) is 0. The van der Waals surface area contributed by atoms with Gasteiger partial charge in [0.1, 0.15) is 0 Å². The first kappa shape index (κ1) is 8.55. The van der Waals surface area contributed by atoms with Crippen LogP contribution < -0.4 is 5.73 Å². The Morgan fingerprint density at radius 3 is 2.42 bits per heavy atom. The van der Waals surface area contributed by atoms with Crippen LogP contribution in [-0.4, -0.2) is 6.54 Å². The predicted molar refractivity (Wildman–Crippen MR) is 51.8 cm³/mol. The second-order valence-corrected chi connectivity index (χ2v) is 5.34. The molecule has 12 heavy (non-hydrogen) atoms. The first-order valence-electron chi connectivity index (χ1n) is 5.27. The Morgan fingerprint density at radius 2 is 2.08 bits per heavy atom. The lowest BCUT2D eigenvalue weighted by molar-refractivity contribution is 0.301. The minimum absolute atomic E-state index is 0.539. The van der Waals surface area contributed by atoms with Crippen LogP contribution in [0.15, 0.2) is 0 Å². The predicted octanol–water partition coefficient (Wildman–Crippen LogP) is 2.41. The van der Waals surface area contributed by atoms with E-state index in [0.29, 0.717) is 10.8 Å². The Balaban J connectivity index is 2.24. The number of hydrogen-bond acceptors (Lipinski definition) is 1. The molecular weight excluding hydrogens is 146 g/mol. The highest BCUT2D eigenvalue weighted by Gasteiger charge is 2.72. The fourth-order valence-electron chi connectivity index (χ4n) is 4.19. The molecule has 0 aliphatic heterocycles. The van der Waals surface area contributed by atoms with Crippen LogP contribution in [0.1, 0.15) is 40.0 Å². The number of rotatable bonds is 1. The van der Waals surface area contributed by atoms with Crippen molar-refractivity contribution in [3.8, 4) is 0 Å². The smallest absolute Gasteiger partial charge is 0.00379 e. The van der Waals surface area contributed by atoms with E-state index in [1.54, 1.807) is 0 Å². The van der Waals surface area contributed by atoms with Crippen molar-refractivity contribution in [2.45, 2.75) is 40.0 Å². The van der Waals surface area contributed by atoms with Gasteiger partial charge in [-0.25, -0.2) is 0 Å². The van der Waals surface area contributed by atoms with Crippen molar-refractivity contribution in [3.63, 3.8) is 0 Å². The fourth-order valence-corrected chi connectivity index (χ4v) is 4.19. The normalized spacial score (nSPS) is 50.0. The topological polar surface area (TPSA) is 26.0 Å². The van der Waals surface area contributed by atoms with Crippen molar-refractivity contribution in [1.29, 1.82) is 0 Å². The minimum atomic E-state index is 0.539. The van der Waals surface area contributed by atoms with Gasteiger partial charge in [-0.15, -0.1) is 0 Å². The van der Waals surface area contributed by atoms with Gasteiger partial charge in [0, 0.05) is 0 Å². The maximum atomic E-state index is 5.83. The maximum Gasteiger partial charge on any atom is -0.00379 e. The summed E-state index contributed by atoms with van der Waals surface area (Å²) >= 11 is 0. The van der Waals surface area contributed by atoms with E-state index in [2.05, 4.69) is 20.8 Å². The second-order valence-electron chi connectivity index (χ2n) is 5.34. The molecule has 0 amide bonds. The van der Waals surface area contributed by atoms with E-state index in [-0.39, 0.29) is 0 Å². The van der Waals surface area contributed by atoms with E-state index in [4.69, 9.17) is 5.73 Å². The van der Waals surface area contributed by atoms with E-state index >= 15 is 0 Å². The molecule has 2 saturated carbocycles. The molecule has 2 aliphatic carbocycles. The second kappa shape index (κ2) is 2.25. The number of hydrogen-bond donors (Lipinski definition) is 1. The van der Waals surface area contributed by atoms with Crippen LogP contribution in [0.5, 0.6) is 0 Å². The van der Waals surface area contributed by atoms with E-state index in [1.807, 2.05) is 0 Å². The summed E-state index contributed by atoms with van der Waals surface area (Å²) in [6.45, 7) is 8.14. The van der Waals surface area contributed by atoms with Crippen molar-refractivity contribution >= 4 is 0 Å². The third-order valence-electron chi connectivity index (χ3n) is 4.95. The summed E-state index contributed by atoms with van der Waals surface area (Å²) in [6, 6.07) is 0. The summed E-state index contributed by atoms with van der Waals surface area (Å²) in [5.41, 5.74) is 7.01. The van der Waals surface area contributed by atoms with Crippen LogP contribution in [0.2, 0.25) is 0 Å². The molecule has 2 rings (SSSR count). The van der Waals surface area contributed by atoms with Crippen LogP contribution in [0.4, 0.5) is 0 Å². The molecule has 3 unspecified atom stereocenters. The first-order valence-corrected chi connectivity index (χ1v) is 5.27. The molecule has 1 nitrogen and oxygen atoms in total. The van der Waals surface area contributed by atoms with Crippen LogP contribution >= 0.6 is 0 Å². The molecule has 0 aromatic heterocycles. The Morgan fingerprint density at radius 1 is 1.42 bits per heavy atom. The van der Waals surface area contributed by atoms with Gasteiger partial charge < -0.3 is 5.73 Å². The Labute approximate surface area is 75.7 Å². The molecule has 1 spiro atoms. The summed E-state index contributed by atoms with van der Waals surface area (Å²) in [6.07, 6.45) is 4.30. The Kier molecular flexibility index (Phi) is 1.61. The molecule has 2 fully saturated rings. The van der Waals surface area contributed by atoms with E-state index in [1.165, 1.54) is 19.3 Å². The number of nitrogens with two attached hydrogens (primary N) is 1. The van der Waals surface area contributed by atoms with Gasteiger partial charge >= 0.3 is 0 Å². The molecule has 0 bridgehead atoms. The van der Waals surface area contributed by atoms with Crippen LogP contribution in [-0.2, 0) is 0 Å². The lowest BCUT2D eigenvalue weighted by atomic mass is 9.86.